The minimum atomic E-state index is -2.62. The zero-order chi connectivity index (χ0) is 11.7. The van der Waals surface area contributed by atoms with E-state index in [9.17, 15) is 8.78 Å². The Bertz CT molecular complexity index is 147. The minimum Gasteiger partial charge on any atom is -0.251 e. The van der Waals surface area contributed by atoms with E-state index in [1.807, 2.05) is 0 Å². The van der Waals surface area contributed by atoms with Gasteiger partial charge in [0, 0.05) is 6.42 Å². The number of hydrogen-bond acceptors (Lipinski definition) is 1. The zero-order valence-electron chi connectivity index (χ0n) is 10.4. The van der Waals surface area contributed by atoms with Crippen LogP contribution in [0, 0.1) is 0 Å². The highest BCUT2D eigenvalue weighted by Gasteiger charge is 2.30. The van der Waals surface area contributed by atoms with Crippen molar-refractivity contribution in [2.45, 2.75) is 64.3 Å². The molecule has 0 rings (SSSR count). The van der Waals surface area contributed by atoms with Gasteiger partial charge in [-0.1, -0.05) is 45.4 Å². The van der Waals surface area contributed by atoms with Crippen LogP contribution in [0.3, 0.4) is 0 Å². The van der Waals surface area contributed by atoms with Gasteiger partial charge in [-0.2, -0.15) is 8.78 Å². The van der Waals surface area contributed by atoms with Gasteiger partial charge in [-0.05, 0) is 20.5 Å². The van der Waals surface area contributed by atoms with Crippen molar-refractivity contribution >= 4 is 0 Å². The number of halogens is 2. The Hall–Kier alpha value is -0.180. The fraction of sp³-hybridized carbons (Fsp3) is 1.00. The first-order chi connectivity index (χ1) is 7.00. The second kappa shape index (κ2) is 8.03. The first kappa shape index (κ1) is 14.8. The van der Waals surface area contributed by atoms with Crippen LogP contribution in [-0.2, 0) is 0 Å². The van der Waals surface area contributed by atoms with E-state index in [-0.39, 0.29) is 6.42 Å². The first-order valence-corrected chi connectivity index (χ1v) is 6.06. The van der Waals surface area contributed by atoms with Gasteiger partial charge in [-0.3, -0.25) is 4.90 Å². The molecule has 0 spiro atoms. The Morgan fingerprint density at radius 2 is 1.33 bits per heavy atom. The molecule has 0 unspecified atom stereocenters. The van der Waals surface area contributed by atoms with Crippen molar-refractivity contribution in [1.82, 2.24) is 4.90 Å². The van der Waals surface area contributed by atoms with Crippen LogP contribution in [0.5, 0.6) is 0 Å². The molecule has 92 valence electrons. The Balaban J connectivity index is 3.31. The van der Waals surface area contributed by atoms with E-state index in [1.165, 1.54) is 39.8 Å². The molecule has 0 saturated heterocycles. The summed E-state index contributed by atoms with van der Waals surface area (Å²) in [4.78, 5) is 1.00. The monoisotopic (exact) mass is 221 g/mol. The average Bonchev–Trinajstić information content (AvgIpc) is 2.16. The minimum absolute atomic E-state index is 0.00617. The molecule has 15 heavy (non-hydrogen) atoms. The third kappa shape index (κ3) is 7.71. The summed E-state index contributed by atoms with van der Waals surface area (Å²) >= 11 is 0. The molecule has 0 aliphatic heterocycles. The van der Waals surface area contributed by atoms with Crippen LogP contribution in [-0.4, -0.2) is 25.0 Å². The predicted molar refractivity (Wildman–Crippen MR) is 61.2 cm³/mol. The van der Waals surface area contributed by atoms with Crippen molar-refractivity contribution in [3.05, 3.63) is 0 Å². The number of rotatable bonds is 9. The maximum atomic E-state index is 13.1. The van der Waals surface area contributed by atoms with E-state index in [1.54, 1.807) is 0 Å². The second-order valence-corrected chi connectivity index (χ2v) is 4.43. The number of hydrogen-bond donors (Lipinski definition) is 0. The largest absolute Gasteiger partial charge is 0.304 e. The zero-order valence-corrected chi connectivity index (χ0v) is 10.4. The second-order valence-electron chi connectivity index (χ2n) is 4.43. The molecular formula is C12H25F2N. The van der Waals surface area contributed by atoms with Crippen molar-refractivity contribution < 1.29 is 8.78 Å². The Morgan fingerprint density at radius 3 is 1.80 bits per heavy atom. The summed E-state index contributed by atoms with van der Waals surface area (Å²) in [6, 6.07) is -2.62. The predicted octanol–water partition coefficient (Wildman–Crippen LogP) is 4.28. The molecule has 3 heteroatoms. The number of unbranched alkanes of at least 4 members (excludes halogenated alkanes) is 6. The van der Waals surface area contributed by atoms with Gasteiger partial charge in [0.15, 0.2) is 0 Å². The summed E-state index contributed by atoms with van der Waals surface area (Å²) in [5.41, 5.74) is 0. The summed E-state index contributed by atoms with van der Waals surface area (Å²) in [6.07, 6.45) is 7.62. The summed E-state index contributed by atoms with van der Waals surface area (Å²) in [5, 5.41) is 0. The van der Waals surface area contributed by atoms with Gasteiger partial charge >= 0.3 is 6.05 Å². The third-order valence-electron chi connectivity index (χ3n) is 2.74. The van der Waals surface area contributed by atoms with Gasteiger partial charge < -0.3 is 0 Å². The van der Waals surface area contributed by atoms with Crippen molar-refractivity contribution in [2.75, 3.05) is 14.1 Å². The van der Waals surface area contributed by atoms with Gasteiger partial charge in [0.25, 0.3) is 0 Å². The first-order valence-electron chi connectivity index (χ1n) is 6.06. The van der Waals surface area contributed by atoms with E-state index in [2.05, 4.69) is 6.92 Å². The summed E-state index contributed by atoms with van der Waals surface area (Å²) in [6.45, 7) is 2.18. The molecule has 0 atom stereocenters. The van der Waals surface area contributed by atoms with Crippen molar-refractivity contribution in [1.29, 1.82) is 0 Å². The molecule has 0 saturated carbocycles. The highest BCUT2D eigenvalue weighted by molar-refractivity contribution is 4.62. The maximum absolute atomic E-state index is 13.1. The number of alkyl halides is 2. The lowest BCUT2D eigenvalue weighted by Crippen LogP contribution is -2.34. The lowest BCUT2D eigenvalue weighted by atomic mass is 10.1. The van der Waals surface area contributed by atoms with E-state index in [0.717, 1.165) is 17.7 Å². The summed E-state index contributed by atoms with van der Waals surface area (Å²) < 4.78 is 26.2. The van der Waals surface area contributed by atoms with Crippen LogP contribution in [0.4, 0.5) is 8.78 Å². The van der Waals surface area contributed by atoms with E-state index in [0.29, 0.717) is 6.42 Å². The fourth-order valence-electron chi connectivity index (χ4n) is 1.52. The normalized spacial score (nSPS) is 12.4. The molecule has 0 aliphatic carbocycles. The molecule has 0 aliphatic rings. The van der Waals surface area contributed by atoms with Crippen LogP contribution < -0.4 is 0 Å². The lowest BCUT2D eigenvalue weighted by Gasteiger charge is -2.23. The maximum Gasteiger partial charge on any atom is 0.304 e. The van der Waals surface area contributed by atoms with Gasteiger partial charge in [0.05, 0.1) is 0 Å². The molecule has 1 nitrogen and oxygen atoms in total. The van der Waals surface area contributed by atoms with E-state index >= 15 is 0 Å². The van der Waals surface area contributed by atoms with Crippen molar-refractivity contribution in [3.63, 3.8) is 0 Å². The van der Waals surface area contributed by atoms with Crippen molar-refractivity contribution in [2.24, 2.45) is 0 Å². The number of nitrogens with zero attached hydrogens (tertiary/aromatic N) is 1. The van der Waals surface area contributed by atoms with E-state index in [4.69, 9.17) is 0 Å². The van der Waals surface area contributed by atoms with Gasteiger partial charge in [0.1, 0.15) is 0 Å². The van der Waals surface area contributed by atoms with Gasteiger partial charge in [-0.15, -0.1) is 0 Å². The Morgan fingerprint density at radius 1 is 0.867 bits per heavy atom. The highest BCUT2D eigenvalue weighted by atomic mass is 19.3. The lowest BCUT2D eigenvalue weighted by molar-refractivity contribution is -0.128. The van der Waals surface area contributed by atoms with Gasteiger partial charge in [0.2, 0.25) is 0 Å². The molecule has 0 amide bonds. The van der Waals surface area contributed by atoms with Gasteiger partial charge in [-0.25, -0.2) is 0 Å². The van der Waals surface area contributed by atoms with E-state index < -0.39 is 6.05 Å². The van der Waals surface area contributed by atoms with Crippen molar-refractivity contribution in [3.8, 4) is 0 Å². The topological polar surface area (TPSA) is 3.24 Å². The molecule has 0 radical (unpaired) electrons. The average molecular weight is 221 g/mol. The standard InChI is InChI=1S/C12H25F2N/c1-4-5-6-7-8-9-10-11-12(13,14)15(2)3/h4-11H2,1-3H3. The molecule has 0 fully saturated rings. The molecule has 0 aromatic rings. The van der Waals surface area contributed by atoms with Crippen LogP contribution >= 0.6 is 0 Å². The van der Waals surface area contributed by atoms with Crippen LogP contribution in [0.25, 0.3) is 0 Å². The molecular weight excluding hydrogens is 196 g/mol. The smallest absolute Gasteiger partial charge is 0.251 e. The molecule has 0 aromatic heterocycles. The van der Waals surface area contributed by atoms with Crippen LogP contribution in [0.1, 0.15) is 58.3 Å². The van der Waals surface area contributed by atoms with Crippen LogP contribution in [0.15, 0.2) is 0 Å². The molecule has 0 bridgehead atoms. The fourth-order valence-corrected chi connectivity index (χ4v) is 1.52. The molecule has 0 N–H and O–H groups in total. The Kier molecular flexibility index (Phi) is 7.93. The third-order valence-corrected chi connectivity index (χ3v) is 2.74. The summed E-state index contributed by atoms with van der Waals surface area (Å²) in [5.74, 6) is 0. The Labute approximate surface area is 92.8 Å². The molecule has 0 aromatic carbocycles. The SMILES string of the molecule is CCCCCCCCCC(F)(F)N(C)C. The quantitative estimate of drug-likeness (QED) is 0.415. The highest BCUT2D eigenvalue weighted by Crippen LogP contribution is 2.24. The molecule has 0 heterocycles. The van der Waals surface area contributed by atoms with Crippen LogP contribution in [0.2, 0.25) is 0 Å². The summed E-state index contributed by atoms with van der Waals surface area (Å²) in [7, 11) is 2.86.